The summed E-state index contributed by atoms with van der Waals surface area (Å²) in [6, 6.07) is 7.68. The number of hydrogen-bond donors (Lipinski definition) is 1. The largest absolute Gasteiger partial charge is 0.307 e. The summed E-state index contributed by atoms with van der Waals surface area (Å²) in [6.07, 6.45) is 3.63. The molecule has 0 aliphatic carbocycles. The Bertz CT molecular complexity index is 496. The summed E-state index contributed by atoms with van der Waals surface area (Å²) in [5.74, 6) is 0.750. The van der Waals surface area contributed by atoms with Gasteiger partial charge in [-0.15, -0.1) is 0 Å². The SMILES string of the molecule is CNC(c1cccc(Cl)c1)c1ncc(C)cn1. The Kier molecular flexibility index (Phi) is 3.71. The molecule has 1 atom stereocenters. The van der Waals surface area contributed by atoms with E-state index in [2.05, 4.69) is 15.3 Å². The minimum atomic E-state index is -0.0331. The van der Waals surface area contributed by atoms with Crippen LogP contribution >= 0.6 is 11.6 Å². The predicted molar refractivity (Wildman–Crippen MR) is 69.1 cm³/mol. The van der Waals surface area contributed by atoms with Crippen LogP contribution in [0.15, 0.2) is 36.7 Å². The van der Waals surface area contributed by atoms with Crippen molar-refractivity contribution in [3.05, 3.63) is 58.6 Å². The molecule has 1 heterocycles. The Labute approximate surface area is 106 Å². The fraction of sp³-hybridized carbons (Fsp3) is 0.231. The molecule has 0 saturated carbocycles. The third-order valence-corrected chi connectivity index (χ3v) is 2.76. The minimum Gasteiger partial charge on any atom is -0.307 e. The molecule has 1 unspecified atom stereocenters. The topological polar surface area (TPSA) is 37.8 Å². The lowest BCUT2D eigenvalue weighted by Gasteiger charge is -2.15. The normalized spacial score (nSPS) is 12.4. The van der Waals surface area contributed by atoms with Gasteiger partial charge in [0.1, 0.15) is 5.82 Å². The summed E-state index contributed by atoms with van der Waals surface area (Å²) >= 11 is 5.99. The molecule has 0 spiro atoms. The van der Waals surface area contributed by atoms with E-state index in [1.165, 1.54) is 0 Å². The zero-order valence-electron chi connectivity index (χ0n) is 9.81. The standard InChI is InChI=1S/C13H14ClN3/c1-9-7-16-13(17-8-9)12(15-2)10-4-3-5-11(14)6-10/h3-8,12,15H,1-2H3. The zero-order chi connectivity index (χ0) is 12.3. The van der Waals surface area contributed by atoms with Crippen molar-refractivity contribution in [1.82, 2.24) is 15.3 Å². The summed E-state index contributed by atoms with van der Waals surface area (Å²) in [4.78, 5) is 8.68. The summed E-state index contributed by atoms with van der Waals surface area (Å²) in [5.41, 5.74) is 2.11. The van der Waals surface area contributed by atoms with Crippen molar-refractivity contribution in [3.8, 4) is 0 Å². The molecule has 4 heteroatoms. The van der Waals surface area contributed by atoms with E-state index in [0.717, 1.165) is 22.0 Å². The van der Waals surface area contributed by atoms with E-state index in [9.17, 15) is 0 Å². The third-order valence-electron chi connectivity index (χ3n) is 2.53. The molecule has 0 fully saturated rings. The number of nitrogens with zero attached hydrogens (tertiary/aromatic N) is 2. The van der Waals surface area contributed by atoms with Crippen LogP contribution in [0.4, 0.5) is 0 Å². The van der Waals surface area contributed by atoms with Gasteiger partial charge < -0.3 is 5.32 Å². The van der Waals surface area contributed by atoms with Gasteiger partial charge in [0.2, 0.25) is 0 Å². The lowest BCUT2D eigenvalue weighted by atomic mass is 10.1. The highest BCUT2D eigenvalue weighted by atomic mass is 35.5. The van der Waals surface area contributed by atoms with Crippen LogP contribution in [-0.2, 0) is 0 Å². The van der Waals surface area contributed by atoms with Crippen molar-refractivity contribution >= 4 is 11.6 Å². The van der Waals surface area contributed by atoms with E-state index in [-0.39, 0.29) is 6.04 Å². The maximum Gasteiger partial charge on any atom is 0.149 e. The number of benzene rings is 1. The lowest BCUT2D eigenvalue weighted by Crippen LogP contribution is -2.20. The maximum absolute atomic E-state index is 5.99. The molecule has 2 aromatic rings. The summed E-state index contributed by atoms with van der Waals surface area (Å²) in [5, 5.41) is 3.92. The number of halogens is 1. The van der Waals surface area contributed by atoms with Gasteiger partial charge in [-0.1, -0.05) is 23.7 Å². The number of rotatable bonds is 3. The van der Waals surface area contributed by atoms with Gasteiger partial charge in [-0.3, -0.25) is 0 Å². The number of nitrogens with one attached hydrogen (secondary N) is 1. The second-order valence-corrected chi connectivity index (χ2v) is 4.33. The first-order valence-electron chi connectivity index (χ1n) is 5.42. The first-order chi connectivity index (χ1) is 8.20. The average Bonchev–Trinajstić information content (AvgIpc) is 2.33. The Morgan fingerprint density at radius 2 is 1.94 bits per heavy atom. The van der Waals surface area contributed by atoms with E-state index < -0.39 is 0 Å². The molecule has 0 saturated heterocycles. The van der Waals surface area contributed by atoms with Gasteiger partial charge in [0.15, 0.2) is 0 Å². The third kappa shape index (κ3) is 2.81. The summed E-state index contributed by atoms with van der Waals surface area (Å²) in [7, 11) is 1.88. The van der Waals surface area contributed by atoms with E-state index in [4.69, 9.17) is 11.6 Å². The first-order valence-corrected chi connectivity index (χ1v) is 5.80. The van der Waals surface area contributed by atoms with Crippen molar-refractivity contribution in [2.24, 2.45) is 0 Å². The fourth-order valence-electron chi connectivity index (χ4n) is 1.68. The van der Waals surface area contributed by atoms with E-state index in [1.54, 1.807) is 0 Å². The Hall–Kier alpha value is -1.45. The minimum absolute atomic E-state index is 0.0331. The molecule has 88 valence electrons. The molecule has 1 aromatic carbocycles. The van der Waals surface area contributed by atoms with Gasteiger partial charge in [-0.05, 0) is 37.2 Å². The Morgan fingerprint density at radius 3 is 2.53 bits per heavy atom. The van der Waals surface area contributed by atoms with Crippen LogP contribution in [0.2, 0.25) is 5.02 Å². The van der Waals surface area contributed by atoms with Crippen LogP contribution in [0.5, 0.6) is 0 Å². The smallest absolute Gasteiger partial charge is 0.149 e. The molecule has 0 bridgehead atoms. The first kappa shape index (κ1) is 12.0. The molecular weight excluding hydrogens is 234 g/mol. The number of hydrogen-bond acceptors (Lipinski definition) is 3. The molecule has 17 heavy (non-hydrogen) atoms. The van der Waals surface area contributed by atoms with Gasteiger partial charge >= 0.3 is 0 Å². The molecule has 0 radical (unpaired) electrons. The van der Waals surface area contributed by atoms with Crippen molar-refractivity contribution in [2.45, 2.75) is 13.0 Å². The second-order valence-electron chi connectivity index (χ2n) is 3.90. The van der Waals surface area contributed by atoms with Crippen molar-refractivity contribution in [3.63, 3.8) is 0 Å². The van der Waals surface area contributed by atoms with Gasteiger partial charge in [-0.25, -0.2) is 9.97 Å². The van der Waals surface area contributed by atoms with Crippen LogP contribution in [0.25, 0.3) is 0 Å². The highest BCUT2D eigenvalue weighted by molar-refractivity contribution is 6.30. The highest BCUT2D eigenvalue weighted by Gasteiger charge is 2.14. The molecular formula is C13H14ClN3. The van der Waals surface area contributed by atoms with Crippen molar-refractivity contribution in [2.75, 3.05) is 7.05 Å². The van der Waals surface area contributed by atoms with Crippen molar-refractivity contribution in [1.29, 1.82) is 0 Å². The molecule has 0 aliphatic rings. The van der Waals surface area contributed by atoms with E-state index >= 15 is 0 Å². The van der Waals surface area contributed by atoms with Gasteiger partial charge in [-0.2, -0.15) is 0 Å². The Balaban J connectivity index is 2.36. The number of aryl methyl sites for hydroxylation is 1. The lowest BCUT2D eigenvalue weighted by molar-refractivity contribution is 0.645. The second kappa shape index (κ2) is 5.25. The maximum atomic E-state index is 5.99. The number of aromatic nitrogens is 2. The fourth-order valence-corrected chi connectivity index (χ4v) is 1.88. The quantitative estimate of drug-likeness (QED) is 0.906. The molecule has 2 rings (SSSR count). The highest BCUT2D eigenvalue weighted by Crippen LogP contribution is 2.21. The predicted octanol–water partition coefficient (Wildman–Crippen LogP) is 2.75. The van der Waals surface area contributed by atoms with Crippen LogP contribution in [0.1, 0.15) is 23.0 Å². The Morgan fingerprint density at radius 1 is 1.24 bits per heavy atom. The molecule has 0 amide bonds. The van der Waals surface area contributed by atoms with Crippen LogP contribution in [0, 0.1) is 6.92 Å². The summed E-state index contributed by atoms with van der Waals surface area (Å²) in [6.45, 7) is 1.97. The van der Waals surface area contributed by atoms with Gasteiger partial charge in [0.05, 0.1) is 6.04 Å². The van der Waals surface area contributed by atoms with E-state index in [1.807, 2.05) is 50.6 Å². The average molecular weight is 248 g/mol. The van der Waals surface area contributed by atoms with Crippen LogP contribution < -0.4 is 5.32 Å². The summed E-state index contributed by atoms with van der Waals surface area (Å²) < 4.78 is 0. The van der Waals surface area contributed by atoms with E-state index in [0.29, 0.717) is 0 Å². The molecule has 3 nitrogen and oxygen atoms in total. The molecule has 1 N–H and O–H groups in total. The molecule has 0 aliphatic heterocycles. The van der Waals surface area contributed by atoms with Gasteiger partial charge in [0.25, 0.3) is 0 Å². The zero-order valence-corrected chi connectivity index (χ0v) is 10.6. The van der Waals surface area contributed by atoms with Crippen LogP contribution in [0.3, 0.4) is 0 Å². The molecule has 1 aromatic heterocycles. The van der Waals surface area contributed by atoms with Gasteiger partial charge in [0, 0.05) is 17.4 Å². The van der Waals surface area contributed by atoms with Crippen LogP contribution in [-0.4, -0.2) is 17.0 Å². The van der Waals surface area contributed by atoms with Crippen molar-refractivity contribution < 1.29 is 0 Å². The monoisotopic (exact) mass is 247 g/mol.